The van der Waals surface area contributed by atoms with E-state index in [1.165, 1.54) is 28.0 Å². The number of thiophene rings is 1. The molecule has 2 aromatic rings. The molecule has 2 N–H and O–H groups in total. The van der Waals surface area contributed by atoms with Gasteiger partial charge in [0.05, 0.1) is 6.42 Å². The van der Waals surface area contributed by atoms with Crippen LogP contribution in [0.3, 0.4) is 0 Å². The first-order valence-electron chi connectivity index (χ1n) is 8.70. The number of hydrogen-bond acceptors (Lipinski definition) is 5. The highest BCUT2D eigenvalue weighted by Gasteiger charge is 2.54. The van der Waals surface area contributed by atoms with Crippen LogP contribution < -0.4 is 9.88 Å². The summed E-state index contributed by atoms with van der Waals surface area (Å²) in [6, 6.07) is 8.68. The van der Waals surface area contributed by atoms with Gasteiger partial charge in [0.1, 0.15) is 17.1 Å². The van der Waals surface area contributed by atoms with Gasteiger partial charge in [0.15, 0.2) is 18.9 Å². The quantitative estimate of drug-likeness (QED) is 0.542. The summed E-state index contributed by atoms with van der Waals surface area (Å²) in [6.07, 6.45) is 3.93. The van der Waals surface area contributed by atoms with Gasteiger partial charge in [-0.3, -0.25) is 14.5 Å². The fourth-order valence-corrected chi connectivity index (χ4v) is 5.40. The minimum Gasteiger partial charge on any atom is -0.477 e. The number of amides is 2. The molecule has 9 heteroatoms. The molecule has 0 radical (unpaired) electrons. The van der Waals surface area contributed by atoms with Crippen LogP contribution in [-0.4, -0.2) is 45.0 Å². The first-order valence-corrected chi connectivity index (χ1v) is 10.6. The molecule has 0 bridgehead atoms. The summed E-state index contributed by atoms with van der Waals surface area (Å²) < 4.78 is 1.88. The number of pyridine rings is 1. The van der Waals surface area contributed by atoms with E-state index < -0.39 is 12.0 Å². The van der Waals surface area contributed by atoms with E-state index in [0.717, 1.165) is 4.88 Å². The second-order valence-electron chi connectivity index (χ2n) is 6.52. The van der Waals surface area contributed by atoms with Gasteiger partial charge in [0.25, 0.3) is 5.91 Å². The zero-order valence-electron chi connectivity index (χ0n) is 14.8. The lowest BCUT2D eigenvalue weighted by Crippen LogP contribution is -2.70. The first kappa shape index (κ1) is 18.7. The largest absolute Gasteiger partial charge is 0.477 e. The van der Waals surface area contributed by atoms with Crippen molar-refractivity contribution in [3.63, 3.8) is 0 Å². The number of carbonyl (C=O) groups is 3. The molecule has 144 valence electrons. The van der Waals surface area contributed by atoms with Gasteiger partial charge >= 0.3 is 5.97 Å². The van der Waals surface area contributed by atoms with E-state index in [2.05, 4.69) is 5.32 Å². The van der Waals surface area contributed by atoms with Crippen LogP contribution >= 0.6 is 23.1 Å². The third kappa shape index (κ3) is 3.55. The van der Waals surface area contributed by atoms with E-state index >= 15 is 0 Å². The number of aliphatic carboxylic acids is 1. The van der Waals surface area contributed by atoms with Crippen LogP contribution in [0.15, 0.2) is 59.4 Å². The van der Waals surface area contributed by atoms with Crippen LogP contribution in [0.25, 0.3) is 0 Å². The molecule has 4 rings (SSSR count). The number of carboxylic acid groups (broad SMARTS) is 1. The Morgan fingerprint density at radius 2 is 2.04 bits per heavy atom. The molecule has 2 amide bonds. The highest BCUT2D eigenvalue weighted by atomic mass is 32.2. The maximum Gasteiger partial charge on any atom is 0.352 e. The topological polar surface area (TPSA) is 90.6 Å². The van der Waals surface area contributed by atoms with Gasteiger partial charge in [-0.1, -0.05) is 12.1 Å². The standard InChI is InChI=1S/C19H17N3O4S2/c23-14(9-13-5-4-8-27-13)20-15-17(24)22-16(19(25)26)12(11-28-18(15)22)10-21-6-2-1-3-7-21/h1-8,15,18H,9-11H2,(H-,20,23,25,26)/p+1/t15?,18-/m0/s1. The normalized spacial score (nSPS) is 21.1. The summed E-state index contributed by atoms with van der Waals surface area (Å²) in [4.78, 5) is 39.0. The number of carboxylic acids is 1. The van der Waals surface area contributed by atoms with E-state index in [9.17, 15) is 19.5 Å². The summed E-state index contributed by atoms with van der Waals surface area (Å²) in [5.41, 5.74) is 0.718. The van der Waals surface area contributed by atoms with Crippen LogP contribution in [-0.2, 0) is 27.3 Å². The number of nitrogens with one attached hydrogen (secondary N) is 1. The van der Waals surface area contributed by atoms with Crippen LogP contribution in [0, 0.1) is 0 Å². The minimum atomic E-state index is -1.12. The summed E-state index contributed by atoms with van der Waals surface area (Å²) in [5, 5.41) is 14.0. The van der Waals surface area contributed by atoms with Gasteiger partial charge in [-0.2, -0.15) is 0 Å². The SMILES string of the molecule is O=C(Cc1cccs1)NC1C(=O)N2C(C(=O)O)=C(C[n+]3ccccc3)CS[C@@H]12. The number of hydrogen-bond donors (Lipinski definition) is 2. The fourth-order valence-electron chi connectivity index (χ4n) is 3.36. The molecule has 2 aromatic heterocycles. The third-order valence-electron chi connectivity index (χ3n) is 4.63. The van der Waals surface area contributed by atoms with Crippen molar-refractivity contribution in [2.45, 2.75) is 24.4 Å². The van der Waals surface area contributed by atoms with Crippen LogP contribution in [0.2, 0.25) is 0 Å². The minimum absolute atomic E-state index is 0.0360. The average Bonchev–Trinajstić information content (AvgIpc) is 3.19. The first-order chi connectivity index (χ1) is 13.5. The summed E-state index contributed by atoms with van der Waals surface area (Å²) in [7, 11) is 0. The molecule has 7 nitrogen and oxygen atoms in total. The second kappa shape index (κ2) is 7.76. The van der Waals surface area contributed by atoms with E-state index in [-0.39, 0.29) is 29.3 Å². The molecule has 0 spiro atoms. The Morgan fingerprint density at radius 1 is 1.25 bits per heavy atom. The molecule has 1 fully saturated rings. The molecule has 0 aromatic carbocycles. The molecule has 1 saturated heterocycles. The van der Waals surface area contributed by atoms with E-state index in [1.807, 2.05) is 52.7 Å². The number of thioether (sulfide) groups is 1. The number of aromatic nitrogens is 1. The smallest absolute Gasteiger partial charge is 0.352 e. The van der Waals surface area contributed by atoms with Gasteiger partial charge in [-0.25, -0.2) is 9.36 Å². The lowest BCUT2D eigenvalue weighted by molar-refractivity contribution is -0.689. The predicted octanol–water partition coefficient (Wildman–Crippen LogP) is 1.02. The van der Waals surface area contributed by atoms with Crippen molar-refractivity contribution in [1.82, 2.24) is 10.2 Å². The molecule has 2 aliphatic heterocycles. The highest BCUT2D eigenvalue weighted by Crippen LogP contribution is 2.40. The molecule has 0 saturated carbocycles. The highest BCUT2D eigenvalue weighted by molar-refractivity contribution is 8.00. The zero-order valence-corrected chi connectivity index (χ0v) is 16.4. The Kier molecular flexibility index (Phi) is 5.19. The molecule has 2 aliphatic rings. The van der Waals surface area contributed by atoms with E-state index in [0.29, 0.717) is 17.9 Å². The Labute approximate surface area is 169 Å². The molecular weight excluding hydrogens is 398 g/mol. The van der Waals surface area contributed by atoms with Gasteiger partial charge in [-0.15, -0.1) is 23.1 Å². The summed E-state index contributed by atoms with van der Waals surface area (Å²) in [5.74, 6) is -1.22. The van der Waals surface area contributed by atoms with Crippen molar-refractivity contribution in [1.29, 1.82) is 0 Å². The monoisotopic (exact) mass is 416 g/mol. The van der Waals surface area contributed by atoms with Crippen LogP contribution in [0.4, 0.5) is 0 Å². The Hall–Kier alpha value is -2.65. The third-order valence-corrected chi connectivity index (χ3v) is 6.85. The number of rotatable bonds is 6. The lowest BCUT2D eigenvalue weighted by Gasteiger charge is -2.49. The molecule has 2 atom stereocenters. The van der Waals surface area contributed by atoms with Crippen molar-refractivity contribution < 1.29 is 24.1 Å². The maximum atomic E-state index is 12.6. The Morgan fingerprint density at radius 3 is 2.71 bits per heavy atom. The molecular formula is C19H18N3O4S2+. The van der Waals surface area contributed by atoms with Gasteiger partial charge < -0.3 is 10.4 Å². The molecule has 28 heavy (non-hydrogen) atoms. The average molecular weight is 417 g/mol. The summed E-state index contributed by atoms with van der Waals surface area (Å²) >= 11 is 2.97. The van der Waals surface area contributed by atoms with Gasteiger partial charge in [-0.05, 0) is 11.4 Å². The predicted molar refractivity (Wildman–Crippen MR) is 104 cm³/mol. The fraction of sp³-hybridized carbons (Fsp3) is 0.263. The number of β-lactam (4-membered cyclic amide) rings is 1. The van der Waals surface area contributed by atoms with Crippen molar-refractivity contribution in [2.75, 3.05) is 5.75 Å². The van der Waals surface area contributed by atoms with Crippen molar-refractivity contribution in [2.24, 2.45) is 0 Å². The lowest BCUT2D eigenvalue weighted by atomic mass is 10.0. The van der Waals surface area contributed by atoms with Crippen LogP contribution in [0.1, 0.15) is 4.88 Å². The Bertz CT molecular complexity index is 943. The molecule has 0 aliphatic carbocycles. The maximum absolute atomic E-state index is 12.6. The van der Waals surface area contributed by atoms with Gasteiger partial charge in [0.2, 0.25) is 5.91 Å². The van der Waals surface area contributed by atoms with Crippen LogP contribution in [0.5, 0.6) is 0 Å². The van der Waals surface area contributed by atoms with E-state index in [4.69, 9.17) is 0 Å². The number of carbonyl (C=O) groups excluding carboxylic acids is 2. The van der Waals surface area contributed by atoms with Crippen molar-refractivity contribution in [3.8, 4) is 0 Å². The molecule has 4 heterocycles. The number of nitrogens with zero attached hydrogens (tertiary/aromatic N) is 2. The van der Waals surface area contributed by atoms with Crippen molar-refractivity contribution >= 4 is 40.9 Å². The summed E-state index contributed by atoms with van der Waals surface area (Å²) in [6.45, 7) is 0.404. The zero-order chi connectivity index (χ0) is 19.7. The second-order valence-corrected chi connectivity index (χ2v) is 8.65. The van der Waals surface area contributed by atoms with E-state index in [1.54, 1.807) is 0 Å². The van der Waals surface area contributed by atoms with Crippen molar-refractivity contribution in [3.05, 3.63) is 64.3 Å². The number of fused-ring (bicyclic) bond motifs is 1. The molecule has 1 unspecified atom stereocenters. The Balaban J connectivity index is 1.49. The van der Waals surface area contributed by atoms with Gasteiger partial charge in [0, 0.05) is 28.3 Å².